The van der Waals surface area contributed by atoms with E-state index in [2.05, 4.69) is 9.97 Å². The summed E-state index contributed by atoms with van der Waals surface area (Å²) in [5, 5.41) is 0.615. The monoisotopic (exact) mass is 308 g/mol. The van der Waals surface area contributed by atoms with E-state index in [1.807, 2.05) is 0 Å². The smallest absolute Gasteiger partial charge is 0.342 e. The molecular formula is C14H13ClN2O2S. The number of hydrogen-bond donors (Lipinski definition) is 1. The zero-order valence-corrected chi connectivity index (χ0v) is 12.6. The summed E-state index contributed by atoms with van der Waals surface area (Å²) in [6.07, 6.45) is 0. The van der Waals surface area contributed by atoms with Crippen LogP contribution in [0.25, 0.3) is 11.3 Å². The van der Waals surface area contributed by atoms with E-state index in [1.165, 1.54) is 0 Å². The fourth-order valence-corrected chi connectivity index (χ4v) is 2.23. The van der Waals surface area contributed by atoms with Gasteiger partial charge in [-0.25, -0.2) is 9.78 Å². The molecule has 0 saturated heterocycles. The summed E-state index contributed by atoms with van der Waals surface area (Å²) in [6.45, 7) is 3.82. The summed E-state index contributed by atoms with van der Waals surface area (Å²) >= 11 is 11.0. The van der Waals surface area contributed by atoms with E-state index in [-0.39, 0.29) is 0 Å². The number of benzene rings is 1. The lowest BCUT2D eigenvalue weighted by Gasteiger charge is -2.11. The summed E-state index contributed by atoms with van der Waals surface area (Å²) in [5.41, 5.74) is 2.29. The third-order valence-corrected chi connectivity index (χ3v) is 3.16. The summed E-state index contributed by atoms with van der Waals surface area (Å²) in [7, 11) is 0. The average molecular weight is 309 g/mol. The van der Waals surface area contributed by atoms with Crippen LogP contribution < -0.4 is 0 Å². The van der Waals surface area contributed by atoms with Crippen molar-refractivity contribution in [2.75, 3.05) is 6.61 Å². The molecule has 0 atom stereocenters. The van der Waals surface area contributed by atoms with Crippen LogP contribution in [-0.2, 0) is 4.74 Å². The van der Waals surface area contributed by atoms with Gasteiger partial charge in [0.15, 0.2) is 4.77 Å². The molecule has 1 N–H and O–H groups in total. The zero-order chi connectivity index (χ0) is 14.7. The first-order valence-electron chi connectivity index (χ1n) is 6.07. The first kappa shape index (κ1) is 14.7. The Kier molecular flexibility index (Phi) is 4.52. The van der Waals surface area contributed by atoms with Gasteiger partial charge in [-0.2, -0.15) is 0 Å². The second-order valence-corrected chi connectivity index (χ2v) is 4.94. The zero-order valence-electron chi connectivity index (χ0n) is 11.1. The molecule has 0 spiro atoms. The molecule has 0 amide bonds. The van der Waals surface area contributed by atoms with Crippen molar-refractivity contribution in [2.24, 2.45) is 0 Å². The lowest BCUT2D eigenvalue weighted by atomic mass is 10.0. The maximum Gasteiger partial charge on any atom is 0.342 e. The van der Waals surface area contributed by atoms with E-state index in [9.17, 15) is 4.79 Å². The van der Waals surface area contributed by atoms with E-state index in [1.54, 1.807) is 38.1 Å². The number of halogens is 1. The Morgan fingerprint density at radius 1 is 1.40 bits per heavy atom. The van der Waals surface area contributed by atoms with Crippen LogP contribution in [0.4, 0.5) is 0 Å². The van der Waals surface area contributed by atoms with Gasteiger partial charge in [0.2, 0.25) is 0 Å². The van der Waals surface area contributed by atoms with Crippen LogP contribution in [0.3, 0.4) is 0 Å². The number of aromatic amines is 1. The van der Waals surface area contributed by atoms with Gasteiger partial charge in [0, 0.05) is 16.3 Å². The van der Waals surface area contributed by atoms with E-state index >= 15 is 0 Å². The summed E-state index contributed by atoms with van der Waals surface area (Å²) < 4.78 is 5.40. The molecule has 0 radical (unpaired) electrons. The topological polar surface area (TPSA) is 55.0 Å². The number of nitrogens with one attached hydrogen (secondary N) is 1. The first-order valence-corrected chi connectivity index (χ1v) is 6.85. The third kappa shape index (κ3) is 3.05. The summed E-state index contributed by atoms with van der Waals surface area (Å²) in [6, 6.07) is 7.06. The number of H-pyrrole nitrogens is 1. The normalized spacial score (nSPS) is 10.3. The number of esters is 1. The predicted molar refractivity (Wildman–Crippen MR) is 80.6 cm³/mol. The van der Waals surface area contributed by atoms with Gasteiger partial charge in [0.25, 0.3) is 0 Å². The minimum atomic E-state index is -0.423. The molecule has 0 fully saturated rings. The first-order chi connectivity index (χ1) is 9.52. The van der Waals surface area contributed by atoms with Gasteiger partial charge in [-0.3, -0.25) is 0 Å². The van der Waals surface area contributed by atoms with Crippen LogP contribution in [0.2, 0.25) is 5.02 Å². The lowest BCUT2D eigenvalue weighted by molar-refractivity contribution is 0.0525. The molecular weight excluding hydrogens is 296 g/mol. The van der Waals surface area contributed by atoms with Crippen molar-refractivity contribution >= 4 is 29.8 Å². The minimum Gasteiger partial charge on any atom is -0.462 e. The van der Waals surface area contributed by atoms with Gasteiger partial charge in [-0.15, -0.1) is 0 Å². The van der Waals surface area contributed by atoms with Crippen molar-refractivity contribution in [3.8, 4) is 11.3 Å². The highest BCUT2D eigenvalue weighted by atomic mass is 35.5. The number of nitrogens with zero attached hydrogens (tertiary/aromatic N) is 1. The number of hydrogen-bond acceptors (Lipinski definition) is 4. The average Bonchev–Trinajstić information content (AvgIpc) is 2.38. The van der Waals surface area contributed by atoms with E-state index in [0.717, 1.165) is 5.56 Å². The molecule has 1 heterocycles. The number of ether oxygens (including phenoxy) is 1. The molecule has 4 nitrogen and oxygen atoms in total. The highest BCUT2D eigenvalue weighted by Crippen LogP contribution is 2.25. The standard InChI is InChI=1S/C14H13ClN2O2S/c1-3-19-13(18)11-8(2)16-14(20)17-12(11)9-4-6-10(15)7-5-9/h4-7H,3H2,1-2H3,(H,16,17,20). The second kappa shape index (κ2) is 6.15. The summed E-state index contributed by atoms with van der Waals surface area (Å²) in [5.74, 6) is -0.423. The van der Waals surface area contributed by atoms with Gasteiger partial charge in [-0.1, -0.05) is 23.7 Å². The third-order valence-electron chi connectivity index (χ3n) is 2.72. The molecule has 2 aromatic rings. The molecule has 0 saturated carbocycles. The fourth-order valence-electron chi connectivity index (χ4n) is 1.86. The van der Waals surface area contributed by atoms with Crippen LogP contribution in [-0.4, -0.2) is 22.5 Å². The largest absolute Gasteiger partial charge is 0.462 e. The maximum atomic E-state index is 12.1. The van der Waals surface area contributed by atoms with E-state index in [4.69, 9.17) is 28.6 Å². The number of rotatable bonds is 3. The van der Waals surface area contributed by atoms with E-state index in [0.29, 0.717) is 33.4 Å². The van der Waals surface area contributed by atoms with E-state index < -0.39 is 5.97 Å². The Morgan fingerprint density at radius 2 is 2.05 bits per heavy atom. The predicted octanol–water partition coefficient (Wildman–Crippen LogP) is 3.94. The van der Waals surface area contributed by atoms with Crippen LogP contribution in [0, 0.1) is 11.7 Å². The van der Waals surface area contributed by atoms with Gasteiger partial charge in [0.1, 0.15) is 5.56 Å². The lowest BCUT2D eigenvalue weighted by Crippen LogP contribution is -2.11. The van der Waals surface area contributed by atoms with Crippen LogP contribution >= 0.6 is 23.8 Å². The van der Waals surface area contributed by atoms with Crippen molar-refractivity contribution in [3.05, 3.63) is 45.3 Å². The molecule has 0 bridgehead atoms. The number of carbonyl (C=O) groups excluding carboxylic acids is 1. The molecule has 104 valence electrons. The Balaban J connectivity index is 2.64. The van der Waals surface area contributed by atoms with Crippen molar-refractivity contribution in [1.82, 2.24) is 9.97 Å². The SMILES string of the molecule is CCOC(=O)c1c(-c2ccc(Cl)cc2)nc(=S)[nH]c1C. The molecule has 0 unspecified atom stereocenters. The number of aromatic nitrogens is 2. The van der Waals surface area contributed by atoms with Crippen LogP contribution in [0.15, 0.2) is 24.3 Å². The summed E-state index contributed by atoms with van der Waals surface area (Å²) in [4.78, 5) is 19.2. The van der Waals surface area contributed by atoms with Gasteiger partial charge in [-0.05, 0) is 38.2 Å². The second-order valence-electron chi connectivity index (χ2n) is 4.12. The molecule has 0 aliphatic heterocycles. The fraction of sp³-hybridized carbons (Fsp3) is 0.214. The number of carbonyl (C=O) groups is 1. The van der Waals surface area contributed by atoms with Crippen molar-refractivity contribution in [1.29, 1.82) is 0 Å². The van der Waals surface area contributed by atoms with Gasteiger partial charge < -0.3 is 9.72 Å². The van der Waals surface area contributed by atoms with Gasteiger partial charge in [0.05, 0.1) is 12.3 Å². The Hall–Kier alpha value is -1.72. The minimum absolute atomic E-state index is 0.300. The molecule has 20 heavy (non-hydrogen) atoms. The Morgan fingerprint density at radius 3 is 2.65 bits per heavy atom. The molecule has 2 rings (SSSR count). The quantitative estimate of drug-likeness (QED) is 0.689. The van der Waals surface area contributed by atoms with Crippen LogP contribution in [0.5, 0.6) is 0 Å². The molecule has 1 aromatic heterocycles. The number of aryl methyl sites for hydroxylation is 1. The van der Waals surface area contributed by atoms with Crippen molar-refractivity contribution in [3.63, 3.8) is 0 Å². The van der Waals surface area contributed by atoms with Crippen LogP contribution in [0.1, 0.15) is 23.0 Å². The Labute approximate surface area is 126 Å². The maximum absolute atomic E-state index is 12.1. The van der Waals surface area contributed by atoms with Crippen molar-refractivity contribution in [2.45, 2.75) is 13.8 Å². The van der Waals surface area contributed by atoms with Crippen molar-refractivity contribution < 1.29 is 9.53 Å². The Bertz CT molecular complexity index is 695. The highest BCUT2D eigenvalue weighted by Gasteiger charge is 2.19. The van der Waals surface area contributed by atoms with Gasteiger partial charge >= 0.3 is 5.97 Å². The molecule has 1 aromatic carbocycles. The molecule has 6 heteroatoms. The molecule has 0 aliphatic carbocycles. The highest BCUT2D eigenvalue weighted by molar-refractivity contribution is 7.71. The molecule has 0 aliphatic rings.